The Morgan fingerprint density at radius 1 is 1.35 bits per heavy atom. The summed E-state index contributed by atoms with van der Waals surface area (Å²) >= 11 is 1.64. The van der Waals surface area contributed by atoms with Crippen molar-refractivity contribution < 1.29 is 23.8 Å². The van der Waals surface area contributed by atoms with Crippen LogP contribution in [0, 0.1) is 5.92 Å². The molecule has 3 atom stereocenters. The van der Waals surface area contributed by atoms with Crippen molar-refractivity contribution in [3.05, 3.63) is 29.3 Å². The zero-order chi connectivity index (χ0) is 16.4. The molecule has 3 rings (SSSR count). The molecule has 0 bridgehead atoms. The van der Waals surface area contributed by atoms with Gasteiger partial charge in [-0.15, -0.1) is 0 Å². The van der Waals surface area contributed by atoms with Crippen molar-refractivity contribution in [3.8, 4) is 5.75 Å². The van der Waals surface area contributed by atoms with E-state index in [-0.39, 0.29) is 24.1 Å². The average molecular weight is 336 g/mol. The Kier molecular flexibility index (Phi) is 4.80. The van der Waals surface area contributed by atoms with Gasteiger partial charge >= 0.3 is 12.1 Å². The maximum absolute atomic E-state index is 12.4. The number of ether oxygens (including phenoxy) is 3. The zero-order valence-electron chi connectivity index (χ0n) is 13.2. The third-order valence-corrected chi connectivity index (χ3v) is 5.11. The maximum Gasteiger partial charge on any atom is 0.509 e. The highest BCUT2D eigenvalue weighted by Crippen LogP contribution is 2.35. The van der Waals surface area contributed by atoms with Crippen LogP contribution in [0.25, 0.3) is 0 Å². The summed E-state index contributed by atoms with van der Waals surface area (Å²) in [4.78, 5) is 23.6. The first-order valence-corrected chi connectivity index (χ1v) is 9.20. The first kappa shape index (κ1) is 16.2. The normalized spacial score (nSPS) is 23.3. The molecule has 1 aliphatic heterocycles. The molecule has 5 nitrogen and oxygen atoms in total. The van der Waals surface area contributed by atoms with Crippen LogP contribution in [0.2, 0.25) is 0 Å². The van der Waals surface area contributed by atoms with E-state index in [1.165, 1.54) is 0 Å². The molecule has 2 aliphatic rings. The van der Waals surface area contributed by atoms with E-state index in [0.29, 0.717) is 18.6 Å². The number of hydrogen-bond acceptors (Lipinski definition) is 6. The van der Waals surface area contributed by atoms with Crippen LogP contribution in [0.4, 0.5) is 4.79 Å². The minimum atomic E-state index is -0.614. The Bertz CT molecular complexity index is 615. The quantitative estimate of drug-likeness (QED) is 0.608. The van der Waals surface area contributed by atoms with Gasteiger partial charge in [0, 0.05) is 24.2 Å². The van der Waals surface area contributed by atoms with Gasteiger partial charge in [0.15, 0.2) is 0 Å². The van der Waals surface area contributed by atoms with Crippen LogP contribution in [-0.2, 0) is 27.1 Å². The van der Waals surface area contributed by atoms with Crippen molar-refractivity contribution in [2.45, 2.75) is 38.4 Å². The Labute approximate surface area is 139 Å². The zero-order valence-corrected chi connectivity index (χ0v) is 14.1. The molecule has 0 aromatic heterocycles. The van der Waals surface area contributed by atoms with Gasteiger partial charge in [-0.2, -0.15) is 11.8 Å². The lowest BCUT2D eigenvalue weighted by molar-refractivity contribution is -0.138. The van der Waals surface area contributed by atoms with Crippen LogP contribution in [0.5, 0.6) is 5.75 Å². The van der Waals surface area contributed by atoms with E-state index in [1.807, 2.05) is 25.3 Å². The van der Waals surface area contributed by atoms with Crippen molar-refractivity contribution in [3.63, 3.8) is 0 Å². The highest BCUT2D eigenvalue weighted by atomic mass is 32.2. The van der Waals surface area contributed by atoms with Crippen molar-refractivity contribution >= 4 is 23.9 Å². The van der Waals surface area contributed by atoms with E-state index in [9.17, 15) is 9.59 Å². The van der Waals surface area contributed by atoms with Crippen molar-refractivity contribution in [1.82, 2.24) is 0 Å². The summed E-state index contributed by atoms with van der Waals surface area (Å²) in [6.07, 6.45) is 2.72. The SMILES string of the molecule is CCC(CSC)C(=O)Oc1cccc2c1CC1OC(=O)OC1C2. The van der Waals surface area contributed by atoms with Crippen LogP contribution >= 0.6 is 11.8 Å². The first-order valence-electron chi connectivity index (χ1n) is 7.81. The highest BCUT2D eigenvalue weighted by Gasteiger charge is 2.41. The van der Waals surface area contributed by atoms with E-state index < -0.39 is 6.16 Å². The van der Waals surface area contributed by atoms with Gasteiger partial charge in [0.1, 0.15) is 18.0 Å². The van der Waals surface area contributed by atoms with Gasteiger partial charge < -0.3 is 14.2 Å². The number of carbonyl (C=O) groups excluding carboxylic acids is 2. The van der Waals surface area contributed by atoms with Gasteiger partial charge in [-0.25, -0.2) is 4.79 Å². The number of benzene rings is 1. The number of esters is 1. The number of carbonyl (C=O) groups is 2. The minimum absolute atomic E-state index is 0.107. The summed E-state index contributed by atoms with van der Waals surface area (Å²) in [6, 6.07) is 5.66. The van der Waals surface area contributed by atoms with E-state index in [0.717, 1.165) is 23.3 Å². The van der Waals surface area contributed by atoms with E-state index in [4.69, 9.17) is 14.2 Å². The molecule has 1 aliphatic carbocycles. The van der Waals surface area contributed by atoms with Gasteiger partial charge in [-0.05, 0) is 24.3 Å². The molecule has 124 valence electrons. The van der Waals surface area contributed by atoms with Crippen LogP contribution in [0.15, 0.2) is 18.2 Å². The molecule has 3 unspecified atom stereocenters. The Morgan fingerprint density at radius 2 is 2.09 bits per heavy atom. The summed E-state index contributed by atoms with van der Waals surface area (Å²) < 4.78 is 16.0. The fourth-order valence-corrected chi connectivity index (χ4v) is 3.84. The van der Waals surface area contributed by atoms with Crippen LogP contribution in [0.1, 0.15) is 24.5 Å². The van der Waals surface area contributed by atoms with Crippen LogP contribution in [-0.4, -0.2) is 36.3 Å². The summed E-state index contributed by atoms with van der Waals surface area (Å²) in [7, 11) is 0. The standard InChI is InChI=1S/C17H20O5S/c1-3-10(9-23-2)16(18)20-13-6-4-5-11-7-14-15(8-12(11)13)22-17(19)21-14/h4-6,10,14-15H,3,7-9H2,1-2H3. The predicted octanol–water partition coefficient (Wildman–Crippen LogP) is 2.98. The summed E-state index contributed by atoms with van der Waals surface area (Å²) in [6.45, 7) is 1.99. The smallest absolute Gasteiger partial charge is 0.427 e. The van der Waals surface area contributed by atoms with Gasteiger partial charge in [0.05, 0.1) is 5.92 Å². The Hall–Kier alpha value is -1.69. The maximum atomic E-state index is 12.4. The molecule has 23 heavy (non-hydrogen) atoms. The average Bonchev–Trinajstić information content (AvgIpc) is 2.89. The molecular weight excluding hydrogens is 316 g/mol. The molecule has 0 spiro atoms. The lowest BCUT2D eigenvalue weighted by Crippen LogP contribution is -2.33. The molecular formula is C17H20O5S. The highest BCUT2D eigenvalue weighted by molar-refractivity contribution is 7.98. The van der Waals surface area contributed by atoms with Gasteiger partial charge in [0.2, 0.25) is 0 Å². The molecule has 6 heteroatoms. The fourth-order valence-electron chi connectivity index (χ4n) is 3.07. The monoisotopic (exact) mass is 336 g/mol. The van der Waals surface area contributed by atoms with Gasteiger partial charge in [0.25, 0.3) is 0 Å². The minimum Gasteiger partial charge on any atom is -0.427 e. The van der Waals surface area contributed by atoms with E-state index in [1.54, 1.807) is 17.8 Å². The van der Waals surface area contributed by atoms with E-state index in [2.05, 4.69) is 0 Å². The van der Waals surface area contributed by atoms with Crippen molar-refractivity contribution in [1.29, 1.82) is 0 Å². The molecule has 0 N–H and O–H groups in total. The Balaban J connectivity index is 1.79. The lowest BCUT2D eigenvalue weighted by atomic mass is 9.87. The second-order valence-electron chi connectivity index (χ2n) is 5.85. The molecule has 0 saturated carbocycles. The lowest BCUT2D eigenvalue weighted by Gasteiger charge is -2.25. The summed E-state index contributed by atoms with van der Waals surface area (Å²) in [5, 5.41) is 0. The summed E-state index contributed by atoms with van der Waals surface area (Å²) in [5.74, 6) is 1.02. The third kappa shape index (κ3) is 3.32. The van der Waals surface area contributed by atoms with Gasteiger partial charge in [-0.1, -0.05) is 19.1 Å². The Morgan fingerprint density at radius 3 is 2.78 bits per heavy atom. The third-order valence-electron chi connectivity index (χ3n) is 4.37. The largest absolute Gasteiger partial charge is 0.509 e. The fraction of sp³-hybridized carbons (Fsp3) is 0.529. The van der Waals surface area contributed by atoms with Crippen LogP contribution in [0.3, 0.4) is 0 Å². The second kappa shape index (κ2) is 6.83. The second-order valence-corrected chi connectivity index (χ2v) is 6.76. The molecule has 1 aromatic carbocycles. The van der Waals surface area contributed by atoms with E-state index >= 15 is 0 Å². The predicted molar refractivity (Wildman–Crippen MR) is 86.8 cm³/mol. The van der Waals surface area contributed by atoms with Crippen molar-refractivity contribution in [2.24, 2.45) is 5.92 Å². The molecule has 1 heterocycles. The first-order chi connectivity index (χ1) is 11.1. The molecule has 1 saturated heterocycles. The number of fused-ring (bicyclic) bond motifs is 2. The number of thioether (sulfide) groups is 1. The number of hydrogen-bond donors (Lipinski definition) is 0. The topological polar surface area (TPSA) is 61.8 Å². The molecule has 0 amide bonds. The van der Waals surface area contributed by atoms with Crippen LogP contribution < -0.4 is 4.74 Å². The molecule has 1 aromatic rings. The molecule has 0 radical (unpaired) electrons. The molecule has 1 fully saturated rings. The van der Waals surface area contributed by atoms with Crippen molar-refractivity contribution in [2.75, 3.05) is 12.0 Å². The number of rotatable bonds is 5. The van der Waals surface area contributed by atoms with Gasteiger partial charge in [-0.3, -0.25) is 4.79 Å². The summed E-state index contributed by atoms with van der Waals surface area (Å²) in [5.41, 5.74) is 1.99.